The van der Waals surface area contributed by atoms with Crippen LogP contribution >= 0.6 is 23.2 Å². The predicted octanol–water partition coefficient (Wildman–Crippen LogP) is 5.54. The van der Waals surface area contributed by atoms with Gasteiger partial charge in [-0.2, -0.15) is 0 Å². The van der Waals surface area contributed by atoms with E-state index in [4.69, 9.17) is 23.2 Å². The third-order valence-electron chi connectivity index (χ3n) is 3.30. The quantitative estimate of drug-likeness (QED) is 0.781. The van der Waals surface area contributed by atoms with E-state index >= 15 is 0 Å². The van der Waals surface area contributed by atoms with Crippen LogP contribution in [0.3, 0.4) is 0 Å². The molecule has 0 amide bonds. The van der Waals surface area contributed by atoms with Gasteiger partial charge in [-0.15, -0.1) is 0 Å². The lowest BCUT2D eigenvalue weighted by atomic mass is 10.0. The molecule has 2 rings (SSSR count). The molecule has 1 nitrogen and oxygen atoms in total. The van der Waals surface area contributed by atoms with Crippen LogP contribution in [0.2, 0.25) is 10.0 Å². The van der Waals surface area contributed by atoms with Crippen LogP contribution in [0.15, 0.2) is 42.5 Å². The van der Waals surface area contributed by atoms with Gasteiger partial charge in [-0.05, 0) is 49.2 Å². The first-order chi connectivity index (χ1) is 9.47. The van der Waals surface area contributed by atoms with Gasteiger partial charge in [-0.3, -0.25) is 0 Å². The maximum atomic E-state index is 13.1. The molecule has 106 valence electrons. The van der Waals surface area contributed by atoms with Crippen LogP contribution in [0.25, 0.3) is 0 Å². The van der Waals surface area contributed by atoms with Gasteiger partial charge in [0.2, 0.25) is 0 Å². The summed E-state index contributed by atoms with van der Waals surface area (Å²) >= 11 is 12.0. The molecular formula is C16H16Cl2FN. The van der Waals surface area contributed by atoms with Crippen LogP contribution in [0.5, 0.6) is 0 Å². The molecule has 0 aliphatic heterocycles. The summed E-state index contributed by atoms with van der Waals surface area (Å²) in [7, 11) is 0. The summed E-state index contributed by atoms with van der Waals surface area (Å²) in [6.45, 7) is 4.07. The third kappa shape index (κ3) is 3.72. The summed E-state index contributed by atoms with van der Waals surface area (Å²) in [6.07, 6.45) is 0. The Kier molecular flexibility index (Phi) is 5.03. The van der Waals surface area contributed by atoms with E-state index in [-0.39, 0.29) is 17.9 Å². The van der Waals surface area contributed by atoms with Gasteiger partial charge in [0.1, 0.15) is 5.82 Å². The summed E-state index contributed by atoms with van der Waals surface area (Å²) in [5, 5.41) is 4.60. The molecule has 0 spiro atoms. The highest BCUT2D eigenvalue weighted by atomic mass is 35.5. The highest BCUT2D eigenvalue weighted by Crippen LogP contribution is 2.26. The van der Waals surface area contributed by atoms with Crippen molar-refractivity contribution in [2.75, 3.05) is 0 Å². The van der Waals surface area contributed by atoms with Crippen LogP contribution < -0.4 is 5.32 Å². The van der Waals surface area contributed by atoms with Crippen molar-refractivity contribution in [3.8, 4) is 0 Å². The molecule has 4 heteroatoms. The molecule has 2 atom stereocenters. The first kappa shape index (κ1) is 15.3. The van der Waals surface area contributed by atoms with Crippen molar-refractivity contribution in [1.29, 1.82) is 0 Å². The molecule has 1 N–H and O–H groups in total. The molecule has 0 aliphatic carbocycles. The summed E-state index contributed by atoms with van der Waals surface area (Å²) in [6, 6.07) is 12.3. The number of benzene rings is 2. The maximum Gasteiger partial charge on any atom is 0.124 e. The second kappa shape index (κ2) is 6.57. The van der Waals surface area contributed by atoms with Crippen molar-refractivity contribution in [1.82, 2.24) is 5.32 Å². The minimum absolute atomic E-state index is 0.0220. The van der Waals surface area contributed by atoms with Gasteiger partial charge in [0.05, 0.1) is 0 Å². The number of hydrogen-bond donors (Lipinski definition) is 1. The van der Waals surface area contributed by atoms with Crippen LogP contribution in [0, 0.1) is 5.82 Å². The molecule has 2 aromatic rings. The fourth-order valence-electron chi connectivity index (χ4n) is 2.17. The van der Waals surface area contributed by atoms with E-state index in [1.165, 1.54) is 12.1 Å². The molecule has 20 heavy (non-hydrogen) atoms. The monoisotopic (exact) mass is 311 g/mol. The molecule has 0 fully saturated rings. The lowest BCUT2D eigenvalue weighted by Crippen LogP contribution is -2.22. The fourth-order valence-corrected chi connectivity index (χ4v) is 2.62. The van der Waals surface area contributed by atoms with Crippen molar-refractivity contribution in [3.05, 3.63) is 69.5 Å². The molecular weight excluding hydrogens is 296 g/mol. The smallest absolute Gasteiger partial charge is 0.124 e. The van der Waals surface area contributed by atoms with Crippen LogP contribution in [0.1, 0.15) is 37.1 Å². The summed E-state index contributed by atoms with van der Waals surface area (Å²) in [4.78, 5) is 0. The highest BCUT2D eigenvalue weighted by Gasteiger charge is 2.14. The summed E-state index contributed by atoms with van der Waals surface area (Å²) in [5.74, 6) is -0.323. The molecule has 0 saturated carbocycles. The molecule has 0 saturated heterocycles. The van der Waals surface area contributed by atoms with E-state index in [0.29, 0.717) is 5.02 Å². The Bertz CT molecular complexity index is 584. The molecule has 0 aliphatic rings. The lowest BCUT2D eigenvalue weighted by Gasteiger charge is -2.21. The molecule has 0 heterocycles. The van der Waals surface area contributed by atoms with Crippen molar-refractivity contribution in [2.45, 2.75) is 25.9 Å². The SMILES string of the molecule is CC(N[C@@H](C)c1ccc(Cl)cc1)c1ccc(F)cc1Cl. The van der Waals surface area contributed by atoms with Crippen LogP contribution in [0.4, 0.5) is 4.39 Å². The zero-order chi connectivity index (χ0) is 14.7. The van der Waals surface area contributed by atoms with Gasteiger partial charge < -0.3 is 5.32 Å². The van der Waals surface area contributed by atoms with E-state index in [1.807, 2.05) is 31.2 Å². The molecule has 0 radical (unpaired) electrons. The third-order valence-corrected chi connectivity index (χ3v) is 3.88. The Balaban J connectivity index is 2.10. The first-order valence-electron chi connectivity index (χ1n) is 6.44. The van der Waals surface area contributed by atoms with Crippen molar-refractivity contribution < 1.29 is 4.39 Å². The number of hydrogen-bond acceptors (Lipinski definition) is 1. The Morgan fingerprint density at radius 2 is 1.60 bits per heavy atom. The van der Waals surface area contributed by atoms with E-state index in [9.17, 15) is 4.39 Å². The van der Waals surface area contributed by atoms with Gasteiger partial charge in [-0.25, -0.2) is 4.39 Å². The van der Waals surface area contributed by atoms with Gasteiger partial charge >= 0.3 is 0 Å². The second-order valence-electron chi connectivity index (χ2n) is 4.83. The van der Waals surface area contributed by atoms with E-state index in [0.717, 1.165) is 16.1 Å². The molecule has 0 bridgehead atoms. The minimum Gasteiger partial charge on any atom is -0.304 e. The van der Waals surface area contributed by atoms with E-state index in [1.54, 1.807) is 6.07 Å². The van der Waals surface area contributed by atoms with Crippen LogP contribution in [-0.2, 0) is 0 Å². The first-order valence-corrected chi connectivity index (χ1v) is 7.19. The minimum atomic E-state index is -0.323. The fraction of sp³-hybridized carbons (Fsp3) is 0.250. The molecule has 2 aromatic carbocycles. The average Bonchev–Trinajstić information content (AvgIpc) is 2.39. The predicted molar refractivity (Wildman–Crippen MR) is 82.8 cm³/mol. The summed E-state index contributed by atoms with van der Waals surface area (Å²) in [5.41, 5.74) is 2.02. The van der Waals surface area contributed by atoms with E-state index < -0.39 is 0 Å². The maximum absolute atomic E-state index is 13.1. The standard InChI is InChI=1S/C16H16Cl2FN/c1-10(12-3-5-13(17)6-4-12)20-11(2)15-8-7-14(19)9-16(15)18/h3-11,20H,1-2H3/t10-,11?/m0/s1. The zero-order valence-electron chi connectivity index (χ0n) is 11.3. The highest BCUT2D eigenvalue weighted by molar-refractivity contribution is 6.31. The average molecular weight is 312 g/mol. The van der Waals surface area contributed by atoms with E-state index in [2.05, 4.69) is 12.2 Å². The van der Waals surface area contributed by atoms with Gasteiger partial charge in [0.25, 0.3) is 0 Å². The molecule has 1 unspecified atom stereocenters. The Morgan fingerprint density at radius 1 is 0.950 bits per heavy atom. The Labute approximate surface area is 128 Å². The zero-order valence-corrected chi connectivity index (χ0v) is 12.8. The summed E-state index contributed by atoms with van der Waals surface area (Å²) < 4.78 is 13.1. The topological polar surface area (TPSA) is 12.0 Å². The van der Waals surface area contributed by atoms with Gasteiger partial charge in [-0.1, -0.05) is 41.4 Å². The second-order valence-corrected chi connectivity index (χ2v) is 5.67. The number of nitrogens with one attached hydrogen (secondary N) is 1. The lowest BCUT2D eigenvalue weighted by molar-refractivity contribution is 0.494. The van der Waals surface area contributed by atoms with Crippen LogP contribution in [-0.4, -0.2) is 0 Å². The van der Waals surface area contributed by atoms with Gasteiger partial charge in [0.15, 0.2) is 0 Å². The Hall–Kier alpha value is -1.09. The van der Waals surface area contributed by atoms with Gasteiger partial charge in [0, 0.05) is 22.1 Å². The van der Waals surface area contributed by atoms with Crippen molar-refractivity contribution >= 4 is 23.2 Å². The number of rotatable bonds is 4. The Morgan fingerprint density at radius 3 is 2.20 bits per heavy atom. The number of halogens is 3. The van der Waals surface area contributed by atoms with Crippen molar-refractivity contribution in [2.24, 2.45) is 0 Å². The van der Waals surface area contributed by atoms with Crippen molar-refractivity contribution in [3.63, 3.8) is 0 Å². The largest absolute Gasteiger partial charge is 0.304 e. The normalized spacial score (nSPS) is 14.1. The molecule has 0 aromatic heterocycles.